The smallest absolute Gasteiger partial charge is 0.187 e. The number of hydrogen-bond acceptors (Lipinski definition) is 4. The molecule has 0 unspecified atom stereocenters. The van der Waals surface area contributed by atoms with Crippen molar-refractivity contribution in [3.8, 4) is 11.3 Å². The Hall–Kier alpha value is -2.41. The van der Waals surface area contributed by atoms with Gasteiger partial charge in [-0.3, -0.25) is 10.4 Å². The molecule has 1 aromatic carbocycles. The van der Waals surface area contributed by atoms with Crippen molar-refractivity contribution < 1.29 is 4.42 Å². The average Bonchev–Trinajstić information content (AvgIpc) is 3.11. The lowest BCUT2D eigenvalue weighted by Gasteiger charge is -2.06. The molecule has 132 valence electrons. The van der Waals surface area contributed by atoms with Crippen molar-refractivity contribution in [2.45, 2.75) is 6.54 Å². The van der Waals surface area contributed by atoms with Crippen LogP contribution in [0.3, 0.4) is 0 Å². The van der Waals surface area contributed by atoms with E-state index in [0.29, 0.717) is 33.2 Å². The maximum atomic E-state index is 6.18. The summed E-state index contributed by atoms with van der Waals surface area (Å²) in [5, 5.41) is 8.63. The first-order valence-electron chi connectivity index (χ1n) is 7.63. The zero-order chi connectivity index (χ0) is 18.4. The number of hydrazone groups is 1. The fourth-order valence-corrected chi connectivity index (χ4v) is 2.64. The zero-order valence-electron chi connectivity index (χ0n) is 13.4. The van der Waals surface area contributed by atoms with Gasteiger partial charge in [-0.15, -0.1) is 0 Å². The van der Waals surface area contributed by atoms with Gasteiger partial charge in [-0.2, -0.15) is 5.10 Å². The van der Waals surface area contributed by atoms with Crippen LogP contribution in [0.2, 0.25) is 10.0 Å². The summed E-state index contributed by atoms with van der Waals surface area (Å²) < 4.78 is 5.71. The third kappa shape index (κ3) is 5.05. The van der Waals surface area contributed by atoms with Crippen LogP contribution < -0.4 is 10.7 Å². The van der Waals surface area contributed by atoms with Crippen molar-refractivity contribution >= 4 is 46.7 Å². The van der Waals surface area contributed by atoms with E-state index in [0.717, 1.165) is 11.1 Å². The number of halogens is 2. The number of hydrogen-bond donors (Lipinski definition) is 2. The summed E-state index contributed by atoms with van der Waals surface area (Å²) >= 11 is 17.3. The number of pyridine rings is 1. The van der Waals surface area contributed by atoms with E-state index >= 15 is 0 Å². The molecule has 3 aromatic rings. The lowest BCUT2D eigenvalue weighted by atomic mass is 10.2. The molecule has 2 N–H and O–H groups in total. The summed E-state index contributed by atoms with van der Waals surface area (Å²) in [6.07, 6.45) is 5.02. The Morgan fingerprint density at radius 3 is 2.92 bits per heavy atom. The number of thiocarbonyl (C=S) groups is 1. The first-order valence-corrected chi connectivity index (χ1v) is 8.79. The molecule has 0 atom stereocenters. The van der Waals surface area contributed by atoms with E-state index in [1.165, 1.54) is 6.21 Å². The summed E-state index contributed by atoms with van der Waals surface area (Å²) in [5.41, 5.74) is 4.48. The highest BCUT2D eigenvalue weighted by atomic mass is 35.5. The Kier molecular flexibility index (Phi) is 6.22. The number of nitrogens with one attached hydrogen (secondary N) is 2. The molecule has 0 saturated carbocycles. The van der Waals surface area contributed by atoms with E-state index in [9.17, 15) is 0 Å². The first-order chi connectivity index (χ1) is 12.6. The summed E-state index contributed by atoms with van der Waals surface area (Å²) in [5.74, 6) is 1.16. The van der Waals surface area contributed by atoms with E-state index in [1.54, 1.807) is 42.7 Å². The van der Waals surface area contributed by atoms with Gasteiger partial charge in [0, 0.05) is 29.5 Å². The maximum Gasteiger partial charge on any atom is 0.187 e. The summed E-state index contributed by atoms with van der Waals surface area (Å²) in [7, 11) is 0. The summed E-state index contributed by atoms with van der Waals surface area (Å²) in [6, 6.07) is 12.6. The van der Waals surface area contributed by atoms with Gasteiger partial charge in [0.2, 0.25) is 0 Å². The number of furan rings is 1. The average molecular weight is 405 g/mol. The highest BCUT2D eigenvalue weighted by Gasteiger charge is 2.08. The fourth-order valence-electron chi connectivity index (χ4n) is 2.13. The van der Waals surface area contributed by atoms with Crippen LogP contribution in [0.25, 0.3) is 11.3 Å². The highest BCUT2D eigenvalue weighted by molar-refractivity contribution is 7.80. The maximum absolute atomic E-state index is 6.18. The van der Waals surface area contributed by atoms with Crippen molar-refractivity contribution in [1.29, 1.82) is 0 Å². The number of nitrogens with zero attached hydrogens (tertiary/aromatic N) is 2. The van der Waals surface area contributed by atoms with Gasteiger partial charge in [0.1, 0.15) is 11.5 Å². The van der Waals surface area contributed by atoms with Crippen LogP contribution in [0.1, 0.15) is 11.3 Å². The van der Waals surface area contributed by atoms with Crippen molar-refractivity contribution in [2.75, 3.05) is 0 Å². The molecule has 0 fully saturated rings. The quantitative estimate of drug-likeness (QED) is 0.368. The SMILES string of the molecule is S=C(NCc1cccnc1)N/N=C/c1ccc(-c2cc(Cl)ccc2Cl)o1. The number of rotatable bonds is 5. The molecule has 5 nitrogen and oxygen atoms in total. The minimum atomic E-state index is 0.398. The molecule has 0 bridgehead atoms. The summed E-state index contributed by atoms with van der Waals surface area (Å²) in [6.45, 7) is 0.563. The normalized spacial score (nSPS) is 10.8. The lowest BCUT2D eigenvalue weighted by Crippen LogP contribution is -2.31. The largest absolute Gasteiger partial charge is 0.455 e. The molecular weight excluding hydrogens is 391 g/mol. The molecule has 0 aliphatic carbocycles. The van der Waals surface area contributed by atoms with Crippen LogP contribution in [-0.4, -0.2) is 16.3 Å². The van der Waals surface area contributed by atoms with Gasteiger partial charge in [-0.05, 0) is 54.2 Å². The van der Waals surface area contributed by atoms with Crippen LogP contribution >= 0.6 is 35.4 Å². The predicted molar refractivity (Wildman–Crippen MR) is 109 cm³/mol. The molecule has 2 heterocycles. The topological polar surface area (TPSA) is 62.5 Å². The second-order valence-corrected chi connectivity index (χ2v) is 6.49. The Morgan fingerprint density at radius 1 is 1.23 bits per heavy atom. The van der Waals surface area contributed by atoms with E-state index in [4.69, 9.17) is 39.8 Å². The van der Waals surface area contributed by atoms with Crippen LogP contribution in [0, 0.1) is 0 Å². The third-order valence-electron chi connectivity index (χ3n) is 3.35. The molecule has 26 heavy (non-hydrogen) atoms. The van der Waals surface area contributed by atoms with Crippen LogP contribution in [0.5, 0.6) is 0 Å². The van der Waals surface area contributed by atoms with E-state index in [-0.39, 0.29) is 0 Å². The fraction of sp³-hybridized carbons (Fsp3) is 0.0556. The molecule has 3 rings (SSSR count). The molecular formula is C18H14Cl2N4OS. The lowest BCUT2D eigenvalue weighted by molar-refractivity contribution is 0.574. The van der Waals surface area contributed by atoms with Gasteiger partial charge in [-0.1, -0.05) is 29.3 Å². The monoisotopic (exact) mass is 404 g/mol. The Morgan fingerprint density at radius 2 is 2.12 bits per heavy atom. The first kappa shape index (κ1) is 18.4. The van der Waals surface area contributed by atoms with Crippen molar-refractivity contribution in [3.63, 3.8) is 0 Å². The third-order valence-corrected chi connectivity index (χ3v) is 4.15. The molecule has 0 saturated heterocycles. The molecule has 0 spiro atoms. The Balaban J connectivity index is 1.55. The second-order valence-electron chi connectivity index (χ2n) is 5.24. The molecule has 0 aliphatic heterocycles. The highest BCUT2D eigenvalue weighted by Crippen LogP contribution is 2.31. The Bertz CT molecular complexity index is 928. The standard InChI is InChI=1S/C18H14Cl2N4OS/c19-13-3-5-16(20)15(8-13)17-6-4-14(25-17)11-23-24-18(26)22-10-12-2-1-7-21-9-12/h1-9,11H,10H2,(H2,22,24,26)/b23-11+. The van der Waals surface area contributed by atoms with Gasteiger partial charge in [0.05, 0.1) is 11.2 Å². The van der Waals surface area contributed by atoms with Gasteiger partial charge in [0.15, 0.2) is 5.11 Å². The molecule has 2 aromatic heterocycles. The molecule has 0 radical (unpaired) electrons. The van der Waals surface area contributed by atoms with Crippen molar-refractivity contribution in [1.82, 2.24) is 15.7 Å². The second kappa shape index (κ2) is 8.80. The van der Waals surface area contributed by atoms with Gasteiger partial charge in [-0.25, -0.2) is 0 Å². The van der Waals surface area contributed by atoms with Crippen LogP contribution in [0.4, 0.5) is 0 Å². The number of benzene rings is 1. The molecule has 8 heteroatoms. The van der Waals surface area contributed by atoms with E-state index in [1.807, 2.05) is 12.1 Å². The minimum absolute atomic E-state index is 0.398. The molecule has 0 aliphatic rings. The summed E-state index contributed by atoms with van der Waals surface area (Å²) in [4.78, 5) is 4.04. The predicted octanol–water partition coefficient (Wildman–Crippen LogP) is 4.65. The van der Waals surface area contributed by atoms with Crippen molar-refractivity contribution in [2.24, 2.45) is 5.10 Å². The Labute approximate surface area is 166 Å². The van der Waals surface area contributed by atoms with E-state index in [2.05, 4.69) is 20.8 Å². The van der Waals surface area contributed by atoms with Crippen LogP contribution in [-0.2, 0) is 6.54 Å². The van der Waals surface area contributed by atoms with Crippen LogP contribution in [0.15, 0.2) is 64.4 Å². The van der Waals surface area contributed by atoms with Gasteiger partial charge in [0.25, 0.3) is 0 Å². The van der Waals surface area contributed by atoms with Crippen molar-refractivity contribution in [3.05, 3.63) is 76.2 Å². The minimum Gasteiger partial charge on any atom is -0.455 e. The van der Waals surface area contributed by atoms with Gasteiger partial charge >= 0.3 is 0 Å². The molecule has 0 amide bonds. The van der Waals surface area contributed by atoms with Gasteiger partial charge < -0.3 is 9.73 Å². The number of aromatic nitrogens is 1. The zero-order valence-corrected chi connectivity index (χ0v) is 15.8. The van der Waals surface area contributed by atoms with E-state index < -0.39 is 0 Å².